The molecule has 122 valence electrons. The Morgan fingerprint density at radius 1 is 1.45 bits per heavy atom. The first-order chi connectivity index (χ1) is 10.3. The first-order valence-electron chi connectivity index (χ1n) is 7.55. The molecule has 1 N–H and O–H groups in total. The van der Waals surface area contributed by atoms with Gasteiger partial charge in [0.1, 0.15) is 5.60 Å². The Labute approximate surface area is 135 Å². The summed E-state index contributed by atoms with van der Waals surface area (Å²) in [5, 5.41) is 4.99. The van der Waals surface area contributed by atoms with Crippen molar-refractivity contribution in [2.24, 2.45) is 5.92 Å². The van der Waals surface area contributed by atoms with Crippen LogP contribution in [0.25, 0.3) is 0 Å². The summed E-state index contributed by atoms with van der Waals surface area (Å²) in [5.74, 6) is -0.133. The summed E-state index contributed by atoms with van der Waals surface area (Å²) in [6.07, 6.45) is 0.353. The molecule has 0 radical (unpaired) electrons. The SMILES string of the molecule is Cc1ccsc1CNC(=O)[C@@H]1CCN(C(=O)OC(C)(C)C)C1. The second-order valence-corrected chi connectivity index (χ2v) is 7.66. The molecule has 1 fully saturated rings. The molecule has 0 aromatic carbocycles. The van der Waals surface area contributed by atoms with Gasteiger partial charge in [0.25, 0.3) is 0 Å². The highest BCUT2D eigenvalue weighted by Crippen LogP contribution is 2.20. The normalized spacial score (nSPS) is 18.4. The minimum absolute atomic E-state index is 0.0128. The second-order valence-electron chi connectivity index (χ2n) is 6.66. The summed E-state index contributed by atoms with van der Waals surface area (Å²) < 4.78 is 5.34. The number of nitrogens with one attached hydrogen (secondary N) is 1. The number of hydrogen-bond donors (Lipinski definition) is 1. The van der Waals surface area contributed by atoms with Crippen LogP contribution in [0.1, 0.15) is 37.6 Å². The zero-order valence-electron chi connectivity index (χ0n) is 13.6. The third-order valence-electron chi connectivity index (χ3n) is 3.60. The van der Waals surface area contributed by atoms with E-state index in [1.54, 1.807) is 16.2 Å². The standard InChI is InChI=1S/C16H24N2O3S/c1-11-6-8-22-13(11)9-17-14(19)12-5-7-18(10-12)15(20)21-16(2,3)4/h6,8,12H,5,7,9-10H2,1-4H3,(H,17,19)/t12-/m1/s1. The molecule has 2 rings (SSSR count). The maximum absolute atomic E-state index is 12.2. The van der Waals surface area contributed by atoms with Gasteiger partial charge >= 0.3 is 6.09 Å². The predicted octanol–water partition coefficient (Wildman–Crippen LogP) is 2.93. The molecule has 5 nitrogen and oxygen atoms in total. The molecule has 0 spiro atoms. The van der Waals surface area contributed by atoms with Crippen LogP contribution < -0.4 is 5.32 Å². The lowest BCUT2D eigenvalue weighted by Crippen LogP contribution is -2.37. The van der Waals surface area contributed by atoms with Crippen molar-refractivity contribution in [3.05, 3.63) is 21.9 Å². The minimum Gasteiger partial charge on any atom is -0.444 e. The predicted molar refractivity (Wildman–Crippen MR) is 86.8 cm³/mol. The number of aryl methyl sites for hydroxylation is 1. The van der Waals surface area contributed by atoms with Crippen molar-refractivity contribution in [1.82, 2.24) is 10.2 Å². The minimum atomic E-state index is -0.506. The number of thiophene rings is 1. The van der Waals surface area contributed by atoms with Crippen molar-refractivity contribution in [2.45, 2.75) is 46.3 Å². The van der Waals surface area contributed by atoms with Crippen LogP contribution in [0.4, 0.5) is 4.79 Å². The molecule has 1 aromatic heterocycles. The fourth-order valence-electron chi connectivity index (χ4n) is 2.36. The van der Waals surface area contributed by atoms with E-state index in [4.69, 9.17) is 4.74 Å². The van der Waals surface area contributed by atoms with Crippen LogP contribution in [0.5, 0.6) is 0 Å². The molecular weight excluding hydrogens is 300 g/mol. The average molecular weight is 324 g/mol. The van der Waals surface area contributed by atoms with Gasteiger partial charge in [0.2, 0.25) is 5.91 Å². The van der Waals surface area contributed by atoms with Gasteiger partial charge in [-0.05, 0) is 51.1 Å². The van der Waals surface area contributed by atoms with Crippen molar-refractivity contribution >= 4 is 23.3 Å². The van der Waals surface area contributed by atoms with Gasteiger partial charge in [-0.15, -0.1) is 11.3 Å². The van der Waals surface area contributed by atoms with Gasteiger partial charge in [0.05, 0.1) is 12.5 Å². The molecule has 0 aliphatic carbocycles. The molecule has 1 aliphatic heterocycles. The number of hydrogen-bond acceptors (Lipinski definition) is 4. The summed E-state index contributed by atoms with van der Waals surface area (Å²) in [6.45, 7) is 9.13. The highest BCUT2D eigenvalue weighted by Gasteiger charge is 2.33. The average Bonchev–Trinajstić information content (AvgIpc) is 3.03. The van der Waals surface area contributed by atoms with E-state index in [2.05, 4.69) is 5.32 Å². The van der Waals surface area contributed by atoms with Gasteiger partial charge in [0.15, 0.2) is 0 Å². The molecule has 2 amide bonds. The zero-order chi connectivity index (χ0) is 16.3. The fraction of sp³-hybridized carbons (Fsp3) is 0.625. The van der Waals surface area contributed by atoms with E-state index in [1.807, 2.05) is 39.1 Å². The maximum Gasteiger partial charge on any atom is 0.410 e. The van der Waals surface area contributed by atoms with Crippen molar-refractivity contribution in [1.29, 1.82) is 0 Å². The largest absolute Gasteiger partial charge is 0.444 e. The van der Waals surface area contributed by atoms with E-state index < -0.39 is 5.60 Å². The number of amides is 2. The Balaban J connectivity index is 1.81. The summed E-state index contributed by atoms with van der Waals surface area (Å²) in [6, 6.07) is 2.05. The van der Waals surface area contributed by atoms with Gasteiger partial charge in [-0.3, -0.25) is 4.79 Å². The number of nitrogens with zero attached hydrogens (tertiary/aromatic N) is 1. The molecule has 22 heavy (non-hydrogen) atoms. The van der Waals surface area contributed by atoms with Gasteiger partial charge < -0.3 is 15.0 Å². The van der Waals surface area contributed by atoms with Crippen LogP contribution in [0, 0.1) is 12.8 Å². The van der Waals surface area contributed by atoms with Crippen LogP contribution >= 0.6 is 11.3 Å². The molecule has 6 heteroatoms. The third kappa shape index (κ3) is 4.47. The first kappa shape index (κ1) is 16.8. The van der Waals surface area contributed by atoms with Crippen molar-refractivity contribution in [2.75, 3.05) is 13.1 Å². The topological polar surface area (TPSA) is 58.6 Å². The van der Waals surface area contributed by atoms with E-state index in [1.165, 1.54) is 10.4 Å². The van der Waals surface area contributed by atoms with E-state index >= 15 is 0 Å². The molecule has 2 heterocycles. The Hall–Kier alpha value is -1.56. The zero-order valence-corrected chi connectivity index (χ0v) is 14.5. The van der Waals surface area contributed by atoms with Crippen LogP contribution in [-0.2, 0) is 16.1 Å². The quantitative estimate of drug-likeness (QED) is 0.930. The molecule has 1 aliphatic rings. The molecule has 1 atom stereocenters. The Morgan fingerprint density at radius 3 is 2.77 bits per heavy atom. The monoisotopic (exact) mass is 324 g/mol. The molecule has 0 bridgehead atoms. The van der Waals surface area contributed by atoms with E-state index in [9.17, 15) is 9.59 Å². The summed E-state index contributed by atoms with van der Waals surface area (Å²) >= 11 is 1.65. The van der Waals surface area contributed by atoms with Crippen molar-refractivity contribution < 1.29 is 14.3 Å². The number of carbonyl (C=O) groups is 2. The van der Waals surface area contributed by atoms with Crippen molar-refractivity contribution in [3.8, 4) is 0 Å². The molecule has 0 unspecified atom stereocenters. The van der Waals surface area contributed by atoms with Gasteiger partial charge in [-0.25, -0.2) is 4.79 Å². The smallest absolute Gasteiger partial charge is 0.410 e. The fourth-order valence-corrected chi connectivity index (χ4v) is 3.21. The summed E-state index contributed by atoms with van der Waals surface area (Å²) in [7, 11) is 0. The second kappa shape index (κ2) is 6.69. The van der Waals surface area contributed by atoms with Crippen LogP contribution in [-0.4, -0.2) is 35.6 Å². The van der Waals surface area contributed by atoms with E-state index in [0.29, 0.717) is 26.1 Å². The Morgan fingerprint density at radius 2 is 2.18 bits per heavy atom. The highest BCUT2D eigenvalue weighted by molar-refractivity contribution is 7.10. The van der Waals surface area contributed by atoms with Crippen LogP contribution in [0.2, 0.25) is 0 Å². The van der Waals surface area contributed by atoms with Crippen molar-refractivity contribution in [3.63, 3.8) is 0 Å². The molecule has 1 aromatic rings. The van der Waals surface area contributed by atoms with Gasteiger partial charge in [-0.2, -0.15) is 0 Å². The third-order valence-corrected chi connectivity index (χ3v) is 4.63. The number of likely N-dealkylation sites (tertiary alicyclic amines) is 1. The number of rotatable bonds is 3. The number of ether oxygens (including phenoxy) is 1. The van der Waals surface area contributed by atoms with Gasteiger partial charge in [0, 0.05) is 18.0 Å². The number of carbonyl (C=O) groups excluding carboxylic acids is 2. The summed E-state index contributed by atoms with van der Waals surface area (Å²) in [4.78, 5) is 27.0. The molecule has 1 saturated heterocycles. The van der Waals surface area contributed by atoms with Crippen LogP contribution in [0.15, 0.2) is 11.4 Å². The maximum atomic E-state index is 12.2. The van der Waals surface area contributed by atoms with Crippen LogP contribution in [0.3, 0.4) is 0 Å². The Kier molecular flexibility index (Phi) is 5.11. The lowest BCUT2D eigenvalue weighted by molar-refractivity contribution is -0.124. The van der Waals surface area contributed by atoms with E-state index in [0.717, 1.165) is 0 Å². The highest BCUT2D eigenvalue weighted by atomic mass is 32.1. The Bertz CT molecular complexity index is 548. The first-order valence-corrected chi connectivity index (χ1v) is 8.43. The molecule has 0 saturated carbocycles. The molecular formula is C16H24N2O3S. The van der Waals surface area contributed by atoms with Gasteiger partial charge in [-0.1, -0.05) is 0 Å². The summed E-state index contributed by atoms with van der Waals surface area (Å²) in [5.41, 5.74) is 0.695. The van der Waals surface area contributed by atoms with E-state index in [-0.39, 0.29) is 17.9 Å². The lowest BCUT2D eigenvalue weighted by Gasteiger charge is -2.24. The lowest BCUT2D eigenvalue weighted by atomic mass is 10.1.